The summed E-state index contributed by atoms with van der Waals surface area (Å²) in [7, 11) is 0. The quantitative estimate of drug-likeness (QED) is 0.449. The second-order valence-corrected chi connectivity index (χ2v) is 9.16. The summed E-state index contributed by atoms with van der Waals surface area (Å²) >= 11 is 8.25. The van der Waals surface area contributed by atoms with Crippen LogP contribution in [-0.4, -0.2) is 28.3 Å². The number of aromatic amines is 1. The van der Waals surface area contributed by atoms with E-state index in [1.165, 1.54) is 36.9 Å². The Morgan fingerprint density at radius 1 is 1.14 bits per heavy atom. The highest BCUT2D eigenvalue weighted by Gasteiger charge is 2.21. The van der Waals surface area contributed by atoms with Crippen LogP contribution in [0.15, 0.2) is 36.4 Å². The third-order valence-electron chi connectivity index (χ3n) is 5.27. The number of rotatable bonds is 7. The highest BCUT2D eigenvalue weighted by atomic mass is 35.5. The molecule has 1 saturated carbocycles. The number of nitrogens with one attached hydrogen (secondary N) is 3. The minimum Gasteiger partial charge on any atom is -0.371 e. The lowest BCUT2D eigenvalue weighted by Gasteiger charge is -2.17. The Morgan fingerprint density at radius 3 is 2.82 bits per heavy atom. The molecule has 0 radical (unpaired) electrons. The van der Waals surface area contributed by atoms with Gasteiger partial charge in [0, 0.05) is 30.6 Å². The van der Waals surface area contributed by atoms with Gasteiger partial charge in [0.2, 0.25) is 5.95 Å². The first kappa shape index (κ1) is 18.2. The molecule has 146 valence electrons. The van der Waals surface area contributed by atoms with Crippen LogP contribution in [0.3, 0.4) is 0 Å². The van der Waals surface area contributed by atoms with Gasteiger partial charge in [-0.2, -0.15) is 0 Å². The maximum Gasteiger partial charge on any atom is 0.205 e. The lowest BCUT2D eigenvalue weighted by atomic mass is 10.2. The Hall–Kier alpha value is -1.89. The number of hydrogen-bond acceptors (Lipinski definition) is 5. The molecule has 2 heterocycles. The van der Waals surface area contributed by atoms with Crippen molar-refractivity contribution < 1.29 is 0 Å². The summed E-state index contributed by atoms with van der Waals surface area (Å²) in [6, 6.07) is 12.5. The number of nitrogens with zero attached hydrogens (tertiary/aromatic N) is 2. The first-order valence-corrected chi connectivity index (χ1v) is 11.2. The number of fused-ring (bicyclic) bond motifs is 1. The van der Waals surface area contributed by atoms with Crippen LogP contribution in [0.25, 0.3) is 11.0 Å². The van der Waals surface area contributed by atoms with Crippen LogP contribution in [0.5, 0.6) is 0 Å². The molecule has 0 bridgehead atoms. The molecule has 2 aliphatic rings. The predicted molar refractivity (Wildman–Crippen MR) is 120 cm³/mol. The van der Waals surface area contributed by atoms with Crippen molar-refractivity contribution in [3.63, 3.8) is 0 Å². The van der Waals surface area contributed by atoms with Gasteiger partial charge in [-0.05, 0) is 61.6 Å². The standard InChI is InChI=1S/C21H24ClN5S/c22-17-7-3-14(13-23-28-16-5-6-16)11-19(17)25-21-24-18-8-4-15(12-20(18)26-21)27-9-1-2-10-27/h3-4,7-8,11-12,16,23H,1-2,5-6,9-10,13H2,(H2,24,25,26). The molecule has 0 spiro atoms. The van der Waals surface area contributed by atoms with Crippen molar-refractivity contribution in [3.05, 3.63) is 47.0 Å². The van der Waals surface area contributed by atoms with Crippen LogP contribution < -0.4 is 14.9 Å². The van der Waals surface area contributed by atoms with E-state index in [0.717, 1.165) is 41.6 Å². The smallest absolute Gasteiger partial charge is 0.205 e. The fraction of sp³-hybridized carbons (Fsp3) is 0.381. The minimum atomic E-state index is 0.691. The number of halogens is 1. The first-order chi connectivity index (χ1) is 13.7. The van der Waals surface area contributed by atoms with Gasteiger partial charge in [0.25, 0.3) is 0 Å². The molecule has 1 aromatic heterocycles. The third-order valence-corrected chi connectivity index (χ3v) is 6.72. The van der Waals surface area contributed by atoms with Gasteiger partial charge in [0.05, 0.1) is 21.7 Å². The molecule has 0 unspecified atom stereocenters. The number of imidazole rings is 1. The average molecular weight is 414 g/mol. The second-order valence-electron chi connectivity index (χ2n) is 7.56. The molecule has 1 aliphatic carbocycles. The van der Waals surface area contributed by atoms with E-state index in [9.17, 15) is 0 Å². The van der Waals surface area contributed by atoms with Crippen LogP contribution in [-0.2, 0) is 6.54 Å². The fourth-order valence-corrected chi connectivity index (χ4v) is 4.59. The van der Waals surface area contributed by atoms with Gasteiger partial charge >= 0.3 is 0 Å². The summed E-state index contributed by atoms with van der Waals surface area (Å²) in [5, 5.41) is 4.84. The Bertz CT molecular complexity index is 978. The van der Waals surface area contributed by atoms with Crippen molar-refractivity contribution >= 4 is 51.9 Å². The lowest BCUT2D eigenvalue weighted by Crippen LogP contribution is -2.17. The molecular formula is C21H24ClN5S. The lowest BCUT2D eigenvalue weighted by molar-refractivity contribution is 0.949. The maximum absolute atomic E-state index is 6.41. The SMILES string of the molecule is Clc1ccc(CNSC2CC2)cc1Nc1nc2ccc(N3CCCC3)cc2[nH]1. The zero-order valence-electron chi connectivity index (χ0n) is 15.7. The number of H-pyrrole nitrogens is 1. The Morgan fingerprint density at radius 2 is 2.00 bits per heavy atom. The molecule has 5 rings (SSSR count). The molecular weight excluding hydrogens is 390 g/mol. The van der Waals surface area contributed by atoms with Crippen molar-refractivity contribution in [2.75, 3.05) is 23.3 Å². The summed E-state index contributed by atoms with van der Waals surface area (Å²) in [4.78, 5) is 10.5. The van der Waals surface area contributed by atoms with Gasteiger partial charge < -0.3 is 15.2 Å². The largest absolute Gasteiger partial charge is 0.371 e. The van der Waals surface area contributed by atoms with E-state index in [1.54, 1.807) is 0 Å². The Balaban J connectivity index is 1.32. The van der Waals surface area contributed by atoms with E-state index >= 15 is 0 Å². The molecule has 3 N–H and O–H groups in total. The summed E-state index contributed by atoms with van der Waals surface area (Å²) in [6.07, 6.45) is 5.21. The molecule has 1 saturated heterocycles. The Labute approximate surface area is 174 Å². The average Bonchev–Trinajstić information content (AvgIpc) is 3.19. The van der Waals surface area contributed by atoms with Crippen molar-refractivity contribution in [1.82, 2.24) is 14.7 Å². The van der Waals surface area contributed by atoms with Gasteiger partial charge in [-0.3, -0.25) is 4.72 Å². The zero-order valence-corrected chi connectivity index (χ0v) is 17.2. The second kappa shape index (κ2) is 7.85. The van der Waals surface area contributed by atoms with Gasteiger partial charge in [0.15, 0.2) is 0 Å². The van der Waals surface area contributed by atoms with E-state index in [2.05, 4.69) is 55.2 Å². The normalized spacial score (nSPS) is 16.8. The monoisotopic (exact) mass is 413 g/mol. The van der Waals surface area contributed by atoms with Crippen LogP contribution in [0.1, 0.15) is 31.2 Å². The van der Waals surface area contributed by atoms with Crippen molar-refractivity contribution in [2.45, 2.75) is 37.5 Å². The van der Waals surface area contributed by atoms with Gasteiger partial charge in [-0.1, -0.05) is 29.6 Å². The van der Waals surface area contributed by atoms with Crippen LogP contribution in [0.4, 0.5) is 17.3 Å². The van der Waals surface area contributed by atoms with E-state index in [1.807, 2.05) is 18.0 Å². The maximum atomic E-state index is 6.41. The number of benzene rings is 2. The molecule has 1 aliphatic heterocycles. The molecule has 5 nitrogen and oxygen atoms in total. The van der Waals surface area contributed by atoms with E-state index in [4.69, 9.17) is 11.6 Å². The zero-order chi connectivity index (χ0) is 18.9. The Kier molecular flexibility index (Phi) is 5.09. The molecule has 0 atom stereocenters. The number of anilines is 3. The predicted octanol–water partition coefficient (Wildman–Crippen LogP) is 5.46. The first-order valence-electron chi connectivity index (χ1n) is 9.93. The summed E-state index contributed by atoms with van der Waals surface area (Å²) in [6.45, 7) is 3.10. The minimum absolute atomic E-state index is 0.691. The molecule has 0 amide bonds. The molecule has 7 heteroatoms. The van der Waals surface area contributed by atoms with E-state index in [-0.39, 0.29) is 0 Å². The van der Waals surface area contributed by atoms with E-state index in [0.29, 0.717) is 11.0 Å². The van der Waals surface area contributed by atoms with Gasteiger partial charge in [0.1, 0.15) is 0 Å². The van der Waals surface area contributed by atoms with Crippen molar-refractivity contribution in [1.29, 1.82) is 0 Å². The number of hydrogen-bond donors (Lipinski definition) is 3. The molecule has 2 fully saturated rings. The molecule has 28 heavy (non-hydrogen) atoms. The molecule has 2 aromatic carbocycles. The van der Waals surface area contributed by atoms with Crippen molar-refractivity contribution in [2.24, 2.45) is 0 Å². The van der Waals surface area contributed by atoms with Crippen molar-refractivity contribution in [3.8, 4) is 0 Å². The van der Waals surface area contributed by atoms with Crippen LogP contribution in [0, 0.1) is 0 Å². The van der Waals surface area contributed by atoms with E-state index < -0.39 is 0 Å². The third kappa shape index (κ3) is 4.09. The van der Waals surface area contributed by atoms with Crippen LogP contribution in [0.2, 0.25) is 5.02 Å². The highest BCUT2D eigenvalue weighted by molar-refractivity contribution is 7.98. The molecule has 3 aromatic rings. The van der Waals surface area contributed by atoms with Gasteiger partial charge in [-0.15, -0.1) is 0 Å². The topological polar surface area (TPSA) is 56.0 Å². The highest BCUT2D eigenvalue weighted by Crippen LogP contribution is 2.32. The summed E-state index contributed by atoms with van der Waals surface area (Å²) in [5.41, 5.74) is 5.34. The fourth-order valence-electron chi connectivity index (χ4n) is 3.56. The number of aromatic nitrogens is 2. The summed E-state index contributed by atoms with van der Waals surface area (Å²) in [5.74, 6) is 0.716. The summed E-state index contributed by atoms with van der Waals surface area (Å²) < 4.78 is 3.45. The van der Waals surface area contributed by atoms with Gasteiger partial charge in [-0.25, -0.2) is 4.98 Å². The van der Waals surface area contributed by atoms with Crippen LogP contribution >= 0.6 is 23.5 Å².